The highest BCUT2D eigenvalue weighted by molar-refractivity contribution is 8.77. The minimum atomic E-state index is -1.37. The molecule has 2 fully saturated rings. The molecule has 2 saturated heterocycles. The Morgan fingerprint density at radius 1 is 0.750 bits per heavy atom. The van der Waals surface area contributed by atoms with Crippen molar-refractivity contribution in [2.24, 2.45) is 0 Å². The maximum atomic E-state index is 12.9. The van der Waals surface area contributed by atoms with E-state index in [1.165, 1.54) is 21.6 Å². The van der Waals surface area contributed by atoms with Gasteiger partial charge in [0.05, 0.1) is 20.2 Å². The zero-order chi connectivity index (χ0) is 26.1. The average molecular weight is 561 g/mol. The van der Waals surface area contributed by atoms with Gasteiger partial charge in [-0.2, -0.15) is 0 Å². The minimum absolute atomic E-state index is 0.361. The predicted octanol–water partition coefficient (Wildman–Crippen LogP) is 4.26. The molecular weight excluding hydrogens is 533 g/mol. The van der Waals surface area contributed by atoms with Crippen molar-refractivity contribution in [3.63, 3.8) is 0 Å². The van der Waals surface area contributed by atoms with Crippen molar-refractivity contribution < 1.29 is 19.8 Å². The van der Waals surface area contributed by atoms with Crippen molar-refractivity contribution in [3.05, 3.63) is 71.8 Å². The van der Waals surface area contributed by atoms with Gasteiger partial charge in [-0.3, -0.25) is 9.80 Å². The topological polar surface area (TPSA) is 81.1 Å². The number of thiocarbonyl (C=S) groups is 2. The second-order valence-electron chi connectivity index (χ2n) is 9.12. The van der Waals surface area contributed by atoms with Crippen LogP contribution in [0.4, 0.5) is 0 Å². The third-order valence-electron chi connectivity index (χ3n) is 7.29. The van der Waals surface area contributed by atoms with Crippen molar-refractivity contribution >= 4 is 67.7 Å². The normalized spacial score (nSPS) is 28.7. The monoisotopic (exact) mass is 560 g/mol. The average Bonchev–Trinajstić information content (AvgIpc) is 3.40. The molecule has 2 aliphatic rings. The highest BCUT2D eigenvalue weighted by atomic mass is 33.1. The Morgan fingerprint density at radius 2 is 1.08 bits per heavy atom. The summed E-state index contributed by atoms with van der Waals surface area (Å²) in [7, 11) is 6.46. The first-order valence-electron chi connectivity index (χ1n) is 11.6. The Bertz CT molecular complexity index is 1070. The Morgan fingerprint density at radius 3 is 1.39 bits per heavy atom. The van der Waals surface area contributed by atoms with Crippen molar-refractivity contribution in [2.45, 2.75) is 34.4 Å². The smallest absolute Gasteiger partial charge is 0.330 e. The SMILES string of the molecule is CN1CCC(SSC2CCN(C)[C@@]2(C(=O)O)C(=S)c2ccccc2)[C@]1(C(=O)O)C(=S)c1ccccc1. The fourth-order valence-electron chi connectivity index (χ4n) is 5.31. The van der Waals surface area contributed by atoms with Gasteiger partial charge in [0.2, 0.25) is 0 Å². The summed E-state index contributed by atoms with van der Waals surface area (Å²) >= 11 is 11.6. The molecular formula is C26H28N2O4S4. The lowest BCUT2D eigenvalue weighted by molar-refractivity contribution is -0.145. The lowest BCUT2D eigenvalue weighted by Gasteiger charge is -2.39. The molecule has 0 aromatic heterocycles. The molecule has 0 amide bonds. The maximum Gasteiger partial charge on any atom is 0.330 e. The van der Waals surface area contributed by atoms with E-state index in [0.717, 1.165) is 0 Å². The molecule has 2 N–H and O–H groups in total. The zero-order valence-corrected chi connectivity index (χ0v) is 23.3. The van der Waals surface area contributed by atoms with Crippen LogP contribution in [-0.2, 0) is 9.59 Å². The highest BCUT2D eigenvalue weighted by Crippen LogP contribution is 2.51. The largest absolute Gasteiger partial charge is 0.480 e. The number of likely N-dealkylation sites (N-methyl/N-ethyl adjacent to an activating group) is 2. The van der Waals surface area contributed by atoms with Crippen LogP contribution in [0, 0.1) is 0 Å². The molecule has 6 nitrogen and oxygen atoms in total. The fraction of sp³-hybridized carbons (Fsp3) is 0.385. The number of aliphatic carboxylic acids is 2. The maximum absolute atomic E-state index is 12.9. The molecule has 0 saturated carbocycles. The summed E-state index contributed by atoms with van der Waals surface area (Å²) in [6.45, 7) is 1.16. The quantitative estimate of drug-likeness (QED) is 0.264. The van der Waals surface area contributed by atoms with E-state index in [-0.39, 0.29) is 10.5 Å². The summed E-state index contributed by atoms with van der Waals surface area (Å²) in [4.78, 5) is 30.1. The van der Waals surface area contributed by atoms with Crippen molar-refractivity contribution in [2.75, 3.05) is 27.2 Å². The van der Waals surface area contributed by atoms with Crippen LogP contribution in [-0.4, -0.2) is 90.4 Å². The lowest BCUT2D eigenvalue weighted by atomic mass is 9.87. The number of carbonyl (C=O) groups is 2. The van der Waals surface area contributed by atoms with Crippen LogP contribution in [0.3, 0.4) is 0 Å². The molecule has 0 spiro atoms. The number of hydrogen-bond acceptors (Lipinski definition) is 8. The molecule has 36 heavy (non-hydrogen) atoms. The number of nitrogens with zero attached hydrogens (tertiary/aromatic N) is 2. The molecule has 2 heterocycles. The van der Waals surface area contributed by atoms with Crippen LogP contribution in [0.5, 0.6) is 0 Å². The summed E-state index contributed by atoms with van der Waals surface area (Å²) in [6.07, 6.45) is 1.25. The fourth-order valence-corrected chi connectivity index (χ4v) is 10.5. The van der Waals surface area contributed by atoms with Gasteiger partial charge in [0.25, 0.3) is 0 Å². The Balaban J connectivity index is 1.66. The van der Waals surface area contributed by atoms with Crippen LogP contribution in [0.2, 0.25) is 0 Å². The summed E-state index contributed by atoms with van der Waals surface area (Å²) in [5.41, 5.74) is -1.31. The number of carboxylic acid groups (broad SMARTS) is 2. The van der Waals surface area contributed by atoms with Gasteiger partial charge in [0.15, 0.2) is 11.1 Å². The molecule has 10 heteroatoms. The first kappa shape index (κ1) is 27.2. The molecule has 4 rings (SSSR count). The van der Waals surface area contributed by atoms with Gasteiger partial charge >= 0.3 is 11.9 Å². The molecule has 2 aliphatic heterocycles. The number of rotatable bonds is 9. The third-order valence-corrected chi connectivity index (χ3v) is 11.8. The Labute approximate surface area is 229 Å². The summed E-state index contributed by atoms with van der Waals surface area (Å²) in [6, 6.07) is 18.5. The van der Waals surface area contributed by atoms with E-state index in [1.807, 2.05) is 70.5 Å². The van der Waals surface area contributed by atoms with E-state index < -0.39 is 23.0 Å². The van der Waals surface area contributed by atoms with E-state index in [9.17, 15) is 19.8 Å². The minimum Gasteiger partial charge on any atom is -0.480 e. The molecule has 2 unspecified atom stereocenters. The number of likely N-dealkylation sites (tertiary alicyclic amines) is 2. The van der Waals surface area contributed by atoms with Gasteiger partial charge < -0.3 is 10.2 Å². The summed E-state index contributed by atoms with van der Waals surface area (Å²) in [5.74, 6) is -1.97. The van der Waals surface area contributed by atoms with Crippen molar-refractivity contribution in [3.8, 4) is 0 Å². The van der Waals surface area contributed by atoms with Crippen LogP contribution in [0.25, 0.3) is 0 Å². The molecule has 0 radical (unpaired) electrons. The van der Waals surface area contributed by atoms with Gasteiger partial charge in [0, 0.05) is 13.1 Å². The highest BCUT2D eigenvalue weighted by Gasteiger charge is 2.60. The van der Waals surface area contributed by atoms with E-state index in [2.05, 4.69) is 0 Å². The van der Waals surface area contributed by atoms with Gasteiger partial charge in [0.1, 0.15) is 0 Å². The van der Waals surface area contributed by atoms with Gasteiger partial charge in [-0.1, -0.05) is 107 Å². The number of benzene rings is 2. The van der Waals surface area contributed by atoms with Crippen LogP contribution in [0.15, 0.2) is 60.7 Å². The first-order valence-corrected chi connectivity index (χ1v) is 14.7. The molecule has 190 valence electrons. The lowest BCUT2D eigenvalue weighted by Crippen LogP contribution is -2.60. The first-order chi connectivity index (χ1) is 17.2. The second kappa shape index (κ2) is 10.9. The van der Waals surface area contributed by atoms with E-state index in [4.69, 9.17) is 24.4 Å². The molecule has 0 bridgehead atoms. The summed E-state index contributed by atoms with van der Waals surface area (Å²) < 4.78 is 0. The zero-order valence-electron chi connectivity index (χ0n) is 20.0. The van der Waals surface area contributed by atoms with Gasteiger partial charge in [-0.15, -0.1) is 0 Å². The van der Waals surface area contributed by atoms with Crippen LogP contribution in [0.1, 0.15) is 24.0 Å². The van der Waals surface area contributed by atoms with Crippen LogP contribution >= 0.6 is 46.0 Å². The van der Waals surface area contributed by atoms with Crippen LogP contribution < -0.4 is 0 Å². The van der Waals surface area contributed by atoms with E-state index in [0.29, 0.717) is 46.8 Å². The molecule has 4 atom stereocenters. The van der Waals surface area contributed by atoms with Gasteiger partial charge in [-0.25, -0.2) is 9.59 Å². The Hall–Kier alpha value is -1.82. The van der Waals surface area contributed by atoms with Crippen molar-refractivity contribution in [1.82, 2.24) is 9.80 Å². The number of hydrogen-bond donors (Lipinski definition) is 2. The third kappa shape index (κ3) is 4.31. The summed E-state index contributed by atoms with van der Waals surface area (Å²) in [5, 5.41) is 20.3. The predicted molar refractivity (Wildman–Crippen MR) is 154 cm³/mol. The second-order valence-corrected chi connectivity index (χ2v) is 12.6. The Kier molecular flexibility index (Phi) is 8.23. The standard InChI is InChI=1S/C26H28N2O4S4/c1-27-15-13-19(25(27,23(29)30)21(33)17-9-5-3-6-10-17)35-36-20-14-16-28(2)26(20,24(31)32)22(34)18-11-7-4-8-12-18/h3-12,19-20H,13-16H2,1-2H3,(H,29,30)(H,31,32)/t19?,20?,25-,26-/m1/s1. The van der Waals surface area contributed by atoms with Crippen molar-refractivity contribution in [1.29, 1.82) is 0 Å². The van der Waals surface area contributed by atoms with E-state index >= 15 is 0 Å². The van der Waals surface area contributed by atoms with E-state index in [1.54, 1.807) is 14.1 Å². The van der Waals surface area contributed by atoms with Gasteiger partial charge in [-0.05, 0) is 38.1 Å². The number of carboxylic acids is 2. The molecule has 2 aromatic rings. The molecule has 0 aliphatic carbocycles. The molecule has 2 aromatic carbocycles.